The summed E-state index contributed by atoms with van der Waals surface area (Å²) in [5, 5.41) is 1.95. The van der Waals surface area contributed by atoms with Crippen molar-refractivity contribution in [2.45, 2.75) is 12.8 Å². The minimum atomic E-state index is -0.364. The zero-order valence-electron chi connectivity index (χ0n) is 18.6. The molecule has 3 aromatic carbocycles. The summed E-state index contributed by atoms with van der Waals surface area (Å²) in [6.07, 6.45) is 3.11. The molecule has 1 unspecified atom stereocenters. The number of rotatable bonds is 5. The molecule has 0 spiro atoms. The number of likely N-dealkylation sites (tertiary alicyclic amines) is 1. The number of benzene rings is 3. The van der Waals surface area contributed by atoms with Crippen molar-refractivity contribution in [2.24, 2.45) is 5.92 Å². The van der Waals surface area contributed by atoms with Crippen LogP contribution in [0.1, 0.15) is 23.2 Å². The Balaban J connectivity index is 1.23. The van der Waals surface area contributed by atoms with Crippen LogP contribution in [0.3, 0.4) is 0 Å². The van der Waals surface area contributed by atoms with E-state index in [1.807, 2.05) is 54.6 Å². The van der Waals surface area contributed by atoms with Crippen LogP contribution in [0.25, 0.3) is 10.8 Å². The molecule has 170 valence electrons. The fraction of sp³-hybridized carbons (Fsp3) is 0.179. The molecule has 5 rings (SSSR count). The van der Waals surface area contributed by atoms with Crippen LogP contribution in [0.4, 0.5) is 0 Å². The van der Waals surface area contributed by atoms with Crippen molar-refractivity contribution in [2.75, 3.05) is 13.1 Å². The highest BCUT2D eigenvalue weighted by Gasteiger charge is 2.30. The third-order valence-electron chi connectivity index (χ3n) is 5.96. The highest BCUT2D eigenvalue weighted by Crippen LogP contribution is 2.26. The van der Waals surface area contributed by atoms with Crippen LogP contribution in [0, 0.1) is 5.92 Å². The number of esters is 1. The number of nitrogens with zero attached hydrogens (tertiary/aromatic N) is 2. The zero-order valence-corrected chi connectivity index (χ0v) is 18.6. The third-order valence-corrected chi connectivity index (χ3v) is 5.96. The number of carbonyl (C=O) groups is 2. The van der Waals surface area contributed by atoms with Gasteiger partial charge in [0.25, 0.3) is 5.91 Å². The maximum atomic E-state index is 13.3. The van der Waals surface area contributed by atoms with Crippen LogP contribution >= 0.6 is 0 Å². The Morgan fingerprint density at radius 1 is 0.853 bits per heavy atom. The number of aromatic nitrogens is 1. The largest absolute Gasteiger partial charge is 0.439 e. The first kappa shape index (κ1) is 21.6. The van der Waals surface area contributed by atoms with Gasteiger partial charge in [0.2, 0.25) is 5.88 Å². The molecule has 6 heteroatoms. The number of carbonyl (C=O) groups excluding carboxylic acids is 2. The SMILES string of the molecule is O=C(Oc1ccc(Oc2ccccn2)cc1)C1CCCN(C(=O)c2cccc3ccccc23)C1. The molecule has 1 fully saturated rings. The van der Waals surface area contributed by atoms with E-state index in [1.165, 1.54) is 0 Å². The molecule has 0 aliphatic carbocycles. The topological polar surface area (TPSA) is 68.7 Å². The summed E-state index contributed by atoms with van der Waals surface area (Å²) < 4.78 is 11.3. The average Bonchev–Trinajstić information content (AvgIpc) is 2.90. The molecular formula is C28H24N2O4. The highest BCUT2D eigenvalue weighted by molar-refractivity contribution is 6.07. The summed E-state index contributed by atoms with van der Waals surface area (Å²) in [5.74, 6) is 0.792. The number of hydrogen-bond donors (Lipinski definition) is 0. The van der Waals surface area contributed by atoms with Gasteiger partial charge in [0.05, 0.1) is 5.92 Å². The zero-order chi connectivity index (χ0) is 23.3. The van der Waals surface area contributed by atoms with E-state index >= 15 is 0 Å². The van der Waals surface area contributed by atoms with E-state index in [4.69, 9.17) is 9.47 Å². The third kappa shape index (κ3) is 4.76. The number of fused-ring (bicyclic) bond motifs is 1. The molecule has 0 saturated carbocycles. The Kier molecular flexibility index (Phi) is 6.21. The van der Waals surface area contributed by atoms with E-state index < -0.39 is 0 Å². The van der Waals surface area contributed by atoms with E-state index in [2.05, 4.69) is 4.98 Å². The molecule has 1 atom stereocenters. The lowest BCUT2D eigenvalue weighted by atomic mass is 9.96. The molecule has 1 aliphatic rings. The van der Waals surface area contributed by atoms with E-state index in [0.29, 0.717) is 42.5 Å². The Labute approximate surface area is 197 Å². The molecule has 1 amide bonds. The first-order valence-electron chi connectivity index (χ1n) is 11.3. The summed E-state index contributed by atoms with van der Waals surface area (Å²) in [7, 11) is 0. The second kappa shape index (κ2) is 9.75. The number of hydrogen-bond acceptors (Lipinski definition) is 5. The van der Waals surface area contributed by atoms with Crippen molar-refractivity contribution in [3.05, 3.63) is 96.7 Å². The van der Waals surface area contributed by atoms with Crippen LogP contribution < -0.4 is 9.47 Å². The van der Waals surface area contributed by atoms with Gasteiger partial charge in [-0.2, -0.15) is 0 Å². The maximum Gasteiger partial charge on any atom is 0.316 e. The highest BCUT2D eigenvalue weighted by atomic mass is 16.5. The molecule has 4 aromatic rings. The fourth-order valence-electron chi connectivity index (χ4n) is 4.24. The summed E-state index contributed by atoms with van der Waals surface area (Å²) in [6.45, 7) is 0.979. The molecule has 0 bridgehead atoms. The van der Waals surface area contributed by atoms with Crippen molar-refractivity contribution in [1.82, 2.24) is 9.88 Å². The van der Waals surface area contributed by atoms with Gasteiger partial charge >= 0.3 is 5.97 Å². The fourth-order valence-corrected chi connectivity index (χ4v) is 4.24. The van der Waals surface area contributed by atoms with Crippen LogP contribution in [0.5, 0.6) is 17.4 Å². The minimum absolute atomic E-state index is 0.0506. The maximum absolute atomic E-state index is 13.3. The van der Waals surface area contributed by atoms with Gasteiger partial charge in [-0.1, -0.05) is 42.5 Å². The summed E-state index contributed by atoms with van der Waals surface area (Å²) >= 11 is 0. The van der Waals surface area contributed by atoms with Crippen LogP contribution in [-0.2, 0) is 4.79 Å². The van der Waals surface area contributed by atoms with Gasteiger partial charge in [0, 0.05) is 30.9 Å². The molecule has 1 saturated heterocycles. The number of amides is 1. The van der Waals surface area contributed by atoms with Crippen molar-refractivity contribution < 1.29 is 19.1 Å². The van der Waals surface area contributed by atoms with Gasteiger partial charge < -0.3 is 14.4 Å². The lowest BCUT2D eigenvalue weighted by Gasteiger charge is -2.32. The average molecular weight is 453 g/mol. The smallest absolute Gasteiger partial charge is 0.316 e. The Hall–Kier alpha value is -4.19. The van der Waals surface area contributed by atoms with Gasteiger partial charge in [0.15, 0.2) is 0 Å². The molecular weight excluding hydrogens is 428 g/mol. The second-order valence-electron chi connectivity index (χ2n) is 8.28. The molecule has 0 radical (unpaired) electrons. The molecule has 6 nitrogen and oxygen atoms in total. The predicted molar refractivity (Wildman–Crippen MR) is 129 cm³/mol. The van der Waals surface area contributed by atoms with Crippen molar-refractivity contribution in [3.8, 4) is 17.4 Å². The molecule has 34 heavy (non-hydrogen) atoms. The minimum Gasteiger partial charge on any atom is -0.439 e. The monoisotopic (exact) mass is 452 g/mol. The first-order valence-corrected chi connectivity index (χ1v) is 11.3. The summed E-state index contributed by atoms with van der Waals surface area (Å²) in [4.78, 5) is 32.0. The lowest BCUT2D eigenvalue weighted by molar-refractivity contribution is -0.140. The molecule has 1 aliphatic heterocycles. The van der Waals surface area contributed by atoms with E-state index in [1.54, 1.807) is 41.4 Å². The summed E-state index contributed by atoms with van der Waals surface area (Å²) in [5.41, 5.74) is 0.663. The Morgan fingerprint density at radius 2 is 1.62 bits per heavy atom. The number of pyridine rings is 1. The Morgan fingerprint density at radius 3 is 2.44 bits per heavy atom. The van der Waals surface area contributed by atoms with Gasteiger partial charge in [-0.25, -0.2) is 4.98 Å². The van der Waals surface area contributed by atoms with E-state index in [-0.39, 0.29) is 17.8 Å². The molecule has 1 aromatic heterocycles. The Bertz CT molecular complexity index is 1300. The van der Waals surface area contributed by atoms with Crippen LogP contribution in [0.15, 0.2) is 91.1 Å². The lowest BCUT2D eigenvalue weighted by Crippen LogP contribution is -2.43. The van der Waals surface area contributed by atoms with E-state index in [9.17, 15) is 9.59 Å². The number of ether oxygens (including phenoxy) is 2. The number of piperidine rings is 1. The molecule has 0 N–H and O–H groups in total. The second-order valence-corrected chi connectivity index (χ2v) is 8.28. The van der Waals surface area contributed by atoms with Crippen LogP contribution in [-0.4, -0.2) is 34.8 Å². The van der Waals surface area contributed by atoms with Crippen molar-refractivity contribution in [1.29, 1.82) is 0 Å². The van der Waals surface area contributed by atoms with Gasteiger partial charge in [-0.15, -0.1) is 0 Å². The van der Waals surface area contributed by atoms with Gasteiger partial charge in [-0.05, 0) is 60.0 Å². The van der Waals surface area contributed by atoms with E-state index in [0.717, 1.165) is 17.2 Å². The van der Waals surface area contributed by atoms with Crippen LogP contribution in [0.2, 0.25) is 0 Å². The summed E-state index contributed by atoms with van der Waals surface area (Å²) in [6, 6.07) is 25.9. The first-order chi connectivity index (χ1) is 16.7. The normalized spacial score (nSPS) is 15.6. The van der Waals surface area contributed by atoms with Gasteiger partial charge in [0.1, 0.15) is 11.5 Å². The standard InChI is InChI=1S/C28H24N2O4/c31-27(25-11-5-8-20-7-1-2-10-24(20)25)30-18-6-9-21(19-30)28(32)34-23-15-13-22(14-16-23)33-26-12-3-4-17-29-26/h1-5,7-8,10-17,21H,6,9,18-19H2. The predicted octanol–water partition coefficient (Wildman–Crippen LogP) is 5.48. The van der Waals surface area contributed by atoms with Crippen molar-refractivity contribution in [3.63, 3.8) is 0 Å². The quantitative estimate of drug-likeness (QED) is 0.296. The van der Waals surface area contributed by atoms with Gasteiger partial charge in [-0.3, -0.25) is 9.59 Å². The van der Waals surface area contributed by atoms with Crippen molar-refractivity contribution >= 4 is 22.6 Å². The molecule has 2 heterocycles.